The SMILES string of the molecule is CCN1C(=O)/C(=C/c2ccc(OC(NC(=O)c3cccc4ccccc34)C(Cl)(Cl)Cl)cc2)SC1=S. The summed E-state index contributed by atoms with van der Waals surface area (Å²) in [5, 5.41) is 4.36. The fourth-order valence-electron chi connectivity index (χ4n) is 3.50. The van der Waals surface area contributed by atoms with Gasteiger partial charge < -0.3 is 10.1 Å². The Kier molecular flexibility index (Phi) is 7.93. The van der Waals surface area contributed by atoms with E-state index in [-0.39, 0.29) is 5.91 Å². The molecule has 35 heavy (non-hydrogen) atoms. The highest BCUT2D eigenvalue weighted by Gasteiger charge is 2.36. The molecule has 1 saturated heterocycles. The van der Waals surface area contributed by atoms with E-state index in [9.17, 15) is 9.59 Å². The molecule has 10 heteroatoms. The molecule has 1 unspecified atom stereocenters. The van der Waals surface area contributed by atoms with Crippen molar-refractivity contribution in [2.75, 3.05) is 6.54 Å². The van der Waals surface area contributed by atoms with Gasteiger partial charge in [-0.15, -0.1) is 0 Å². The molecule has 3 aromatic carbocycles. The van der Waals surface area contributed by atoms with E-state index in [1.807, 2.05) is 37.3 Å². The van der Waals surface area contributed by atoms with Crippen LogP contribution >= 0.6 is 58.8 Å². The fraction of sp³-hybridized carbons (Fsp3) is 0.160. The zero-order valence-electron chi connectivity index (χ0n) is 18.3. The first-order chi connectivity index (χ1) is 16.7. The molecule has 0 aromatic heterocycles. The summed E-state index contributed by atoms with van der Waals surface area (Å²) in [6.07, 6.45) is 0.499. The first-order valence-corrected chi connectivity index (χ1v) is 12.9. The van der Waals surface area contributed by atoms with Crippen LogP contribution in [0.4, 0.5) is 0 Å². The van der Waals surface area contributed by atoms with Gasteiger partial charge in [0.2, 0.25) is 10.0 Å². The zero-order chi connectivity index (χ0) is 25.2. The molecule has 1 atom stereocenters. The molecule has 0 spiro atoms. The van der Waals surface area contributed by atoms with Crippen molar-refractivity contribution in [3.8, 4) is 5.75 Å². The number of likely N-dealkylation sites (N-methyl/N-ethyl adjacent to an activating group) is 1. The number of fused-ring (bicyclic) bond motifs is 1. The molecule has 0 aliphatic carbocycles. The predicted octanol–water partition coefficient (Wildman–Crippen LogP) is 6.57. The van der Waals surface area contributed by atoms with Gasteiger partial charge in [-0.1, -0.05) is 107 Å². The minimum Gasteiger partial charge on any atom is -0.466 e. The minimum absolute atomic E-state index is 0.116. The third kappa shape index (κ3) is 5.93. The molecule has 4 rings (SSSR count). The molecule has 1 N–H and O–H groups in total. The van der Waals surface area contributed by atoms with Crippen LogP contribution in [0.3, 0.4) is 0 Å². The van der Waals surface area contributed by atoms with Gasteiger partial charge in [0.25, 0.3) is 11.8 Å². The fourth-order valence-corrected chi connectivity index (χ4v) is 5.18. The summed E-state index contributed by atoms with van der Waals surface area (Å²) in [6.45, 7) is 2.40. The summed E-state index contributed by atoms with van der Waals surface area (Å²) in [6, 6.07) is 19.8. The largest absolute Gasteiger partial charge is 0.466 e. The van der Waals surface area contributed by atoms with Gasteiger partial charge in [-0.05, 0) is 47.5 Å². The summed E-state index contributed by atoms with van der Waals surface area (Å²) in [7, 11) is 0. The van der Waals surface area contributed by atoms with Gasteiger partial charge in [-0.25, -0.2) is 0 Å². The van der Waals surface area contributed by atoms with Gasteiger partial charge in [-0.2, -0.15) is 0 Å². The molecule has 1 aliphatic heterocycles. The molecule has 180 valence electrons. The van der Waals surface area contributed by atoms with Crippen LogP contribution < -0.4 is 10.1 Å². The van der Waals surface area contributed by atoms with E-state index in [2.05, 4.69) is 5.32 Å². The van der Waals surface area contributed by atoms with Crippen molar-refractivity contribution >= 4 is 91.8 Å². The molecule has 0 saturated carbocycles. The molecular weight excluding hydrogens is 547 g/mol. The second-order valence-electron chi connectivity index (χ2n) is 7.53. The van der Waals surface area contributed by atoms with E-state index in [1.165, 1.54) is 11.8 Å². The average Bonchev–Trinajstić information content (AvgIpc) is 3.10. The number of amides is 2. The van der Waals surface area contributed by atoms with Crippen LogP contribution in [0.25, 0.3) is 16.8 Å². The number of nitrogens with zero attached hydrogens (tertiary/aromatic N) is 1. The van der Waals surface area contributed by atoms with Gasteiger partial charge >= 0.3 is 0 Å². The lowest BCUT2D eigenvalue weighted by Crippen LogP contribution is -2.47. The van der Waals surface area contributed by atoms with E-state index < -0.39 is 15.9 Å². The van der Waals surface area contributed by atoms with Gasteiger partial charge in [0.15, 0.2) is 0 Å². The van der Waals surface area contributed by atoms with E-state index in [1.54, 1.807) is 47.4 Å². The minimum atomic E-state index is -1.94. The van der Waals surface area contributed by atoms with Crippen molar-refractivity contribution < 1.29 is 14.3 Å². The van der Waals surface area contributed by atoms with Crippen molar-refractivity contribution in [2.24, 2.45) is 0 Å². The first-order valence-electron chi connectivity index (χ1n) is 10.5. The third-order valence-electron chi connectivity index (χ3n) is 5.22. The molecule has 0 radical (unpaired) electrons. The van der Waals surface area contributed by atoms with Crippen LogP contribution in [0.5, 0.6) is 5.75 Å². The lowest BCUT2D eigenvalue weighted by atomic mass is 10.0. The number of benzene rings is 3. The molecule has 5 nitrogen and oxygen atoms in total. The average molecular weight is 566 g/mol. The summed E-state index contributed by atoms with van der Waals surface area (Å²) in [4.78, 5) is 27.6. The van der Waals surface area contributed by atoms with E-state index >= 15 is 0 Å². The number of halogens is 3. The number of carbonyl (C=O) groups excluding carboxylic acids is 2. The molecule has 1 aliphatic rings. The van der Waals surface area contributed by atoms with E-state index in [0.717, 1.165) is 16.3 Å². The topological polar surface area (TPSA) is 58.6 Å². The lowest BCUT2D eigenvalue weighted by molar-refractivity contribution is -0.121. The second kappa shape index (κ2) is 10.8. The Balaban J connectivity index is 1.51. The van der Waals surface area contributed by atoms with Crippen molar-refractivity contribution in [3.63, 3.8) is 0 Å². The molecule has 1 heterocycles. The van der Waals surface area contributed by atoms with Crippen molar-refractivity contribution in [1.29, 1.82) is 0 Å². The highest BCUT2D eigenvalue weighted by Crippen LogP contribution is 2.34. The molecule has 1 fully saturated rings. The number of alkyl halides is 3. The van der Waals surface area contributed by atoms with Gasteiger partial charge in [-0.3, -0.25) is 14.5 Å². The van der Waals surface area contributed by atoms with Crippen LogP contribution in [-0.4, -0.2) is 37.6 Å². The normalized spacial score (nSPS) is 16.1. The van der Waals surface area contributed by atoms with Crippen LogP contribution in [0.2, 0.25) is 0 Å². The van der Waals surface area contributed by atoms with E-state index in [0.29, 0.717) is 27.1 Å². The van der Waals surface area contributed by atoms with Crippen molar-refractivity contribution in [3.05, 3.63) is 82.8 Å². The van der Waals surface area contributed by atoms with Gasteiger partial charge in [0, 0.05) is 12.1 Å². The summed E-state index contributed by atoms with van der Waals surface area (Å²) >= 11 is 24.9. The maximum Gasteiger partial charge on any atom is 0.266 e. The van der Waals surface area contributed by atoms with Crippen LogP contribution in [-0.2, 0) is 4.79 Å². The predicted molar refractivity (Wildman–Crippen MR) is 148 cm³/mol. The maximum atomic E-state index is 13.0. The second-order valence-corrected chi connectivity index (χ2v) is 11.6. The van der Waals surface area contributed by atoms with Crippen molar-refractivity contribution in [1.82, 2.24) is 10.2 Å². The van der Waals surface area contributed by atoms with Crippen LogP contribution in [0, 0.1) is 0 Å². The van der Waals surface area contributed by atoms with Gasteiger partial charge in [0.05, 0.1) is 4.91 Å². The number of thioether (sulfide) groups is 1. The molecule has 2 amide bonds. The Morgan fingerprint density at radius 2 is 1.80 bits per heavy atom. The van der Waals surface area contributed by atoms with Crippen molar-refractivity contribution in [2.45, 2.75) is 16.9 Å². The Labute approximate surface area is 227 Å². The summed E-state index contributed by atoms with van der Waals surface area (Å²) in [5.74, 6) is -0.180. The number of hydrogen-bond donors (Lipinski definition) is 1. The van der Waals surface area contributed by atoms with Crippen LogP contribution in [0.15, 0.2) is 71.6 Å². The highest BCUT2D eigenvalue weighted by atomic mass is 35.6. The maximum absolute atomic E-state index is 13.0. The number of hydrogen-bond acceptors (Lipinski definition) is 5. The molecular formula is C25H19Cl3N2O3S2. The van der Waals surface area contributed by atoms with Crippen LogP contribution in [0.1, 0.15) is 22.8 Å². The number of thiocarbonyl (C=S) groups is 1. The van der Waals surface area contributed by atoms with E-state index in [4.69, 9.17) is 51.8 Å². The number of ether oxygens (including phenoxy) is 1. The number of rotatable bonds is 6. The Morgan fingerprint density at radius 3 is 2.46 bits per heavy atom. The summed E-state index contributed by atoms with van der Waals surface area (Å²) < 4.78 is 4.43. The lowest BCUT2D eigenvalue weighted by Gasteiger charge is -2.26. The summed E-state index contributed by atoms with van der Waals surface area (Å²) in [5.41, 5.74) is 1.21. The quantitative estimate of drug-likeness (QED) is 0.159. The Morgan fingerprint density at radius 1 is 1.11 bits per heavy atom. The molecule has 3 aromatic rings. The third-order valence-corrected chi connectivity index (χ3v) is 7.19. The monoisotopic (exact) mass is 564 g/mol. The standard InChI is InChI=1S/C25H19Cl3N2O3S2/c1-2-30-22(32)20(35-24(30)34)14-15-10-12-17(13-11-15)33-23(25(26,27)28)29-21(31)19-9-5-7-16-6-3-4-8-18(16)19/h3-14,23H,2H2,1H3,(H,29,31)/b20-14-. The smallest absolute Gasteiger partial charge is 0.266 e. The van der Waals surface area contributed by atoms with Gasteiger partial charge in [0.1, 0.15) is 10.1 Å². The molecule has 0 bridgehead atoms. The Hall–Kier alpha value is -2.29. The zero-order valence-corrected chi connectivity index (χ0v) is 22.2. The first kappa shape index (κ1) is 25.8. The number of nitrogens with one attached hydrogen (secondary N) is 1. The Bertz CT molecular complexity index is 1320. The number of carbonyl (C=O) groups is 2. The highest BCUT2D eigenvalue weighted by molar-refractivity contribution is 8.26.